The maximum Gasteiger partial charge on any atom is 0.471 e. The van der Waals surface area contributed by atoms with Crippen LogP contribution in [-0.2, 0) is 25.4 Å². The van der Waals surface area contributed by atoms with Crippen LogP contribution in [0.2, 0.25) is 0 Å². The maximum atomic E-state index is 13.6. The van der Waals surface area contributed by atoms with Crippen molar-refractivity contribution in [2.75, 3.05) is 11.9 Å². The minimum Gasteiger partial charge on any atom is -0.507 e. The number of phenols is 2. The highest BCUT2D eigenvalue weighted by molar-refractivity contribution is 6.30. The Morgan fingerprint density at radius 3 is 2.20 bits per heavy atom. The summed E-state index contributed by atoms with van der Waals surface area (Å²) in [5.41, 5.74) is -3.22. The zero-order valence-electron chi connectivity index (χ0n) is 26.2. The van der Waals surface area contributed by atoms with E-state index in [4.69, 9.17) is 14.2 Å². The molecule has 0 bridgehead atoms. The molecule has 0 unspecified atom stereocenters. The fourth-order valence-electron chi connectivity index (χ4n) is 6.57. The lowest BCUT2D eigenvalue weighted by atomic mass is 9.73. The number of ether oxygens (including phenoxy) is 3. The highest BCUT2D eigenvalue weighted by Gasteiger charge is 2.49. The molecule has 1 fully saturated rings. The molecule has 0 spiro atoms. The number of benzene rings is 3. The number of ketones is 2. The third-order valence-corrected chi connectivity index (χ3v) is 8.94. The van der Waals surface area contributed by atoms with Crippen LogP contribution in [0.4, 0.5) is 23.7 Å². The Kier molecular flexibility index (Phi) is 9.07. The first-order valence-electron chi connectivity index (χ1n) is 15.4. The predicted octanol–water partition coefficient (Wildman–Crippen LogP) is 3.40. The van der Waals surface area contributed by atoms with Crippen molar-refractivity contribution >= 4 is 29.3 Å². The van der Waals surface area contributed by atoms with E-state index in [1.807, 2.05) is 0 Å². The summed E-state index contributed by atoms with van der Waals surface area (Å²) < 4.78 is 56.2. The molecule has 2 amide bonds. The second-order valence-corrected chi connectivity index (χ2v) is 12.4. The van der Waals surface area contributed by atoms with E-state index < -0.39 is 114 Å². The molecule has 0 aromatic heterocycles. The number of amides is 2. The summed E-state index contributed by atoms with van der Waals surface area (Å²) in [5.74, 6) is -5.37. The average Bonchev–Trinajstić information content (AvgIpc) is 3.06. The fraction of sp³-hybridized carbons (Fsp3) is 0.353. The lowest BCUT2D eigenvalue weighted by molar-refractivity contribution is -0.252. The molecule has 6 N–H and O–H groups in total. The van der Waals surface area contributed by atoms with Crippen molar-refractivity contribution in [2.45, 2.75) is 68.6 Å². The number of alkyl halides is 3. The molecule has 3 aliphatic rings. The topological polar surface area (TPSA) is 201 Å². The number of aliphatic hydroxyl groups is 2. The molecular formula is C34H31F3N2O11. The summed E-state index contributed by atoms with van der Waals surface area (Å²) in [4.78, 5) is 51.5. The molecular weight excluding hydrogens is 669 g/mol. The summed E-state index contributed by atoms with van der Waals surface area (Å²) in [6.45, 7) is 0.613. The number of aromatic hydroxyl groups is 2. The number of halogens is 3. The van der Waals surface area contributed by atoms with Gasteiger partial charge in [-0.15, -0.1) is 0 Å². The number of aliphatic hydroxyl groups excluding tert-OH is 1. The average molecular weight is 701 g/mol. The van der Waals surface area contributed by atoms with Crippen LogP contribution in [-0.4, -0.2) is 86.9 Å². The minimum atomic E-state index is -5.26. The number of rotatable bonds is 6. The molecule has 50 heavy (non-hydrogen) atoms. The Bertz CT molecular complexity index is 1870. The molecule has 1 aliphatic heterocycles. The zero-order chi connectivity index (χ0) is 36.1. The summed E-state index contributed by atoms with van der Waals surface area (Å²) >= 11 is 0. The third kappa shape index (κ3) is 6.49. The van der Waals surface area contributed by atoms with Gasteiger partial charge < -0.3 is 40.0 Å². The lowest BCUT2D eigenvalue weighted by Gasteiger charge is -2.43. The normalized spacial score (nSPS) is 25.9. The number of carbonyl (C=O) groups is 4. The standard InChI is InChI=1S/C34H31F3N2O11/c1-15-26(40)20(39-31(45)34(35,36)37)11-22(49-15)50-21-13-33(47,14-48-32(46)38-16-7-3-2-4-8-16)12-19-23(21)30(44)25-24(29(19)43)27(41)17-9-5-6-10-18(17)28(25)42/h2-10,15,20-22,26,40,43-44,47H,11-14H2,1H3,(H,38,46)(H,39,45)/t15-,20-,21-,22-,26+,33-/m0/s1. The van der Waals surface area contributed by atoms with Gasteiger partial charge in [-0.25, -0.2) is 4.79 Å². The summed E-state index contributed by atoms with van der Waals surface area (Å²) in [6.07, 6.45) is -13.5. The number of fused-ring (bicyclic) bond motifs is 3. The second kappa shape index (κ2) is 13.0. The van der Waals surface area contributed by atoms with Crippen LogP contribution in [0.5, 0.6) is 11.5 Å². The third-order valence-electron chi connectivity index (χ3n) is 8.94. The molecule has 264 valence electrons. The fourth-order valence-corrected chi connectivity index (χ4v) is 6.57. The van der Waals surface area contributed by atoms with E-state index in [1.165, 1.54) is 31.2 Å². The van der Waals surface area contributed by atoms with Gasteiger partial charge >= 0.3 is 18.2 Å². The first-order valence-corrected chi connectivity index (χ1v) is 15.4. The van der Waals surface area contributed by atoms with Crippen molar-refractivity contribution < 1.29 is 67.0 Å². The highest BCUT2D eigenvalue weighted by atomic mass is 19.4. The highest BCUT2D eigenvalue weighted by Crippen LogP contribution is 2.52. The van der Waals surface area contributed by atoms with Gasteiger partial charge in [-0.1, -0.05) is 42.5 Å². The zero-order valence-corrected chi connectivity index (χ0v) is 26.2. The van der Waals surface area contributed by atoms with Crippen molar-refractivity contribution in [2.24, 2.45) is 0 Å². The molecule has 2 aliphatic carbocycles. The van der Waals surface area contributed by atoms with Crippen LogP contribution < -0.4 is 10.6 Å². The predicted molar refractivity (Wildman–Crippen MR) is 165 cm³/mol. The van der Waals surface area contributed by atoms with Gasteiger partial charge in [0.1, 0.15) is 29.8 Å². The molecule has 6 atom stereocenters. The van der Waals surface area contributed by atoms with Crippen molar-refractivity contribution in [1.82, 2.24) is 5.32 Å². The van der Waals surface area contributed by atoms with Gasteiger partial charge in [0.05, 0.1) is 29.4 Å². The quantitative estimate of drug-likeness (QED) is 0.161. The van der Waals surface area contributed by atoms with E-state index in [0.717, 1.165) is 0 Å². The Labute approximate surface area is 281 Å². The summed E-state index contributed by atoms with van der Waals surface area (Å²) in [5, 5.41) is 49.7. The van der Waals surface area contributed by atoms with Gasteiger partial charge in [0.25, 0.3) is 0 Å². The SMILES string of the molecule is C[C@@H]1O[C@@H](O[C@H]2C[C@](O)(COC(=O)Nc3ccccc3)Cc3c(O)c4c(c(O)c32)C(=O)c2ccccc2C4=O)C[C@H](NC(=O)C(F)(F)F)[C@@H]1O. The van der Waals surface area contributed by atoms with Gasteiger partial charge in [0, 0.05) is 47.2 Å². The van der Waals surface area contributed by atoms with Crippen LogP contribution in [0.25, 0.3) is 0 Å². The van der Waals surface area contributed by atoms with E-state index >= 15 is 0 Å². The number of nitrogens with one attached hydrogen (secondary N) is 2. The molecule has 1 saturated heterocycles. The van der Waals surface area contributed by atoms with E-state index in [0.29, 0.717) is 5.69 Å². The van der Waals surface area contributed by atoms with Gasteiger partial charge in [-0.05, 0) is 19.1 Å². The molecule has 3 aromatic rings. The molecule has 6 rings (SSSR count). The lowest BCUT2D eigenvalue weighted by Crippen LogP contribution is -2.57. The Morgan fingerprint density at radius 1 is 0.980 bits per heavy atom. The molecule has 0 saturated carbocycles. The second-order valence-electron chi connectivity index (χ2n) is 12.4. The molecule has 1 heterocycles. The van der Waals surface area contributed by atoms with Crippen molar-refractivity contribution in [3.63, 3.8) is 0 Å². The Morgan fingerprint density at radius 2 is 1.58 bits per heavy atom. The van der Waals surface area contributed by atoms with E-state index in [9.17, 15) is 52.8 Å². The molecule has 13 nitrogen and oxygen atoms in total. The molecule has 0 radical (unpaired) electrons. The molecule has 16 heteroatoms. The monoisotopic (exact) mass is 700 g/mol. The first-order chi connectivity index (χ1) is 23.6. The summed E-state index contributed by atoms with van der Waals surface area (Å²) in [7, 11) is 0. The van der Waals surface area contributed by atoms with Crippen LogP contribution in [0.15, 0.2) is 54.6 Å². The number of hydrogen-bond acceptors (Lipinski definition) is 11. The van der Waals surface area contributed by atoms with Crippen LogP contribution >= 0.6 is 0 Å². The smallest absolute Gasteiger partial charge is 0.471 e. The first kappa shape index (κ1) is 34.8. The number of phenolic OH excluding ortho intramolecular Hbond substituents is 2. The minimum absolute atomic E-state index is 0.0328. The van der Waals surface area contributed by atoms with Gasteiger partial charge in [0.15, 0.2) is 17.9 Å². The van der Waals surface area contributed by atoms with E-state index in [2.05, 4.69) is 5.32 Å². The number of carbonyl (C=O) groups excluding carboxylic acids is 4. The molecule has 3 aromatic carbocycles. The van der Waals surface area contributed by atoms with Crippen LogP contribution in [0, 0.1) is 0 Å². The Balaban J connectivity index is 1.36. The summed E-state index contributed by atoms with van der Waals surface area (Å²) in [6, 6.07) is 12.5. The van der Waals surface area contributed by atoms with Crippen LogP contribution in [0.3, 0.4) is 0 Å². The number of anilines is 1. The van der Waals surface area contributed by atoms with Gasteiger partial charge in [-0.3, -0.25) is 19.7 Å². The van der Waals surface area contributed by atoms with Gasteiger partial charge in [0.2, 0.25) is 0 Å². The van der Waals surface area contributed by atoms with Crippen molar-refractivity contribution in [1.29, 1.82) is 0 Å². The maximum absolute atomic E-state index is 13.6. The number of hydrogen-bond donors (Lipinski definition) is 6. The Hall–Kier alpha value is -5.03. The van der Waals surface area contributed by atoms with Crippen molar-refractivity contribution in [3.8, 4) is 11.5 Å². The van der Waals surface area contributed by atoms with Crippen molar-refractivity contribution in [3.05, 3.63) is 88.0 Å². The van der Waals surface area contributed by atoms with E-state index in [1.54, 1.807) is 35.6 Å². The largest absolute Gasteiger partial charge is 0.507 e. The van der Waals surface area contributed by atoms with Crippen LogP contribution in [0.1, 0.15) is 68.8 Å². The number of para-hydroxylation sites is 1. The van der Waals surface area contributed by atoms with E-state index in [-0.39, 0.29) is 22.3 Å². The van der Waals surface area contributed by atoms with Gasteiger partial charge in [-0.2, -0.15) is 13.2 Å².